The second-order valence-electron chi connectivity index (χ2n) is 8.71. The first kappa shape index (κ1) is 33.3. The Balaban J connectivity index is 0.000000795. The molecule has 2 amide bonds. The Labute approximate surface area is 233 Å². The van der Waals surface area contributed by atoms with E-state index in [0.717, 1.165) is 47.1 Å². The van der Waals surface area contributed by atoms with Gasteiger partial charge in [0.1, 0.15) is 11.4 Å². The zero-order chi connectivity index (χ0) is 28.7. The first-order valence-electron chi connectivity index (χ1n) is 13.4. The van der Waals surface area contributed by atoms with Crippen molar-refractivity contribution < 1.29 is 14.3 Å². The van der Waals surface area contributed by atoms with Crippen molar-refractivity contribution in [1.29, 1.82) is 0 Å². The Morgan fingerprint density at radius 1 is 1.11 bits per heavy atom. The number of anilines is 2. The van der Waals surface area contributed by atoms with Crippen LogP contribution in [0.3, 0.4) is 0 Å². The zero-order valence-electron chi connectivity index (χ0n) is 24.6. The number of carbonyl (C=O) groups is 1. The minimum absolute atomic E-state index is 0.463. The van der Waals surface area contributed by atoms with Crippen LogP contribution in [-0.4, -0.2) is 43.0 Å². The minimum atomic E-state index is -0.568. The van der Waals surface area contributed by atoms with Gasteiger partial charge < -0.3 is 29.4 Å². The van der Waals surface area contributed by atoms with E-state index in [1.165, 1.54) is 12.8 Å². The highest BCUT2D eigenvalue weighted by atomic mass is 32.2. The fourth-order valence-corrected chi connectivity index (χ4v) is 4.46. The number of imidazole rings is 1. The van der Waals surface area contributed by atoms with Gasteiger partial charge in [0, 0.05) is 50.2 Å². The number of amides is 2. The molecule has 8 nitrogen and oxygen atoms in total. The number of carbonyl (C=O) groups excluding carboxylic acids is 1. The van der Waals surface area contributed by atoms with Crippen molar-refractivity contribution in [2.24, 2.45) is 5.73 Å². The number of unbranched alkanes of at least 4 members (excludes halogenated alkanes) is 1. The van der Waals surface area contributed by atoms with Crippen molar-refractivity contribution in [3.8, 4) is 0 Å². The molecule has 0 aliphatic rings. The average Bonchev–Trinajstić information content (AvgIpc) is 3.31. The Hall–Kier alpha value is -2.75. The lowest BCUT2D eigenvalue weighted by atomic mass is 10.1. The monoisotopic (exact) mass is 545 g/mol. The number of hydrogen-bond donors (Lipinski definition) is 2. The predicted octanol–water partition coefficient (Wildman–Crippen LogP) is 7.42. The van der Waals surface area contributed by atoms with E-state index in [4.69, 9.17) is 20.2 Å². The van der Waals surface area contributed by atoms with Gasteiger partial charge in [-0.2, -0.15) is 0 Å². The Bertz CT molecular complexity index is 1100. The molecule has 0 unspecified atom stereocenters. The molecule has 3 N–H and O–H groups in total. The third kappa shape index (κ3) is 9.53. The average molecular weight is 546 g/mol. The van der Waals surface area contributed by atoms with E-state index < -0.39 is 11.6 Å². The van der Waals surface area contributed by atoms with Gasteiger partial charge >= 0.3 is 6.03 Å². The number of methoxy groups -OCH3 is 2. The Morgan fingerprint density at radius 3 is 2.24 bits per heavy atom. The molecular weight excluding hydrogens is 498 g/mol. The molecule has 0 fully saturated rings. The van der Waals surface area contributed by atoms with E-state index >= 15 is 0 Å². The Kier molecular flexibility index (Phi) is 14.9. The lowest BCUT2D eigenvalue weighted by molar-refractivity contribution is 0.00907. The molecule has 0 bridgehead atoms. The number of nitrogens with one attached hydrogen (secondary N) is 1. The number of fused-ring (bicyclic) bond motifs is 1. The molecule has 0 aliphatic carbocycles. The van der Waals surface area contributed by atoms with Crippen LogP contribution in [-0.2, 0) is 21.6 Å². The zero-order valence-corrected chi connectivity index (χ0v) is 25.4. The number of hydrogen-bond acceptors (Lipinski definition) is 6. The van der Waals surface area contributed by atoms with Crippen LogP contribution in [0.5, 0.6) is 0 Å². The lowest BCUT2D eigenvalue weighted by Crippen LogP contribution is -2.24. The largest absolute Gasteiger partial charge is 0.385 e. The van der Waals surface area contributed by atoms with Gasteiger partial charge in [-0.3, -0.25) is 0 Å². The molecule has 212 valence electrons. The van der Waals surface area contributed by atoms with Crippen LogP contribution < -0.4 is 15.4 Å². The summed E-state index contributed by atoms with van der Waals surface area (Å²) in [5.74, 6) is 0.924. The molecule has 1 aromatic heterocycles. The molecule has 0 saturated heterocycles. The van der Waals surface area contributed by atoms with Crippen molar-refractivity contribution in [2.45, 2.75) is 78.3 Å². The van der Waals surface area contributed by atoms with E-state index in [0.29, 0.717) is 5.69 Å². The lowest BCUT2D eigenvalue weighted by Gasteiger charge is -2.23. The van der Waals surface area contributed by atoms with Crippen LogP contribution in [0.2, 0.25) is 0 Å². The van der Waals surface area contributed by atoms with Crippen LogP contribution >= 0.6 is 11.9 Å². The van der Waals surface area contributed by atoms with Gasteiger partial charge in [-0.15, -0.1) is 0 Å². The normalized spacial score (nSPS) is 10.8. The summed E-state index contributed by atoms with van der Waals surface area (Å²) in [6, 6.07) is 13.4. The van der Waals surface area contributed by atoms with Gasteiger partial charge in [-0.25, -0.2) is 9.78 Å². The highest BCUT2D eigenvalue weighted by molar-refractivity contribution is 8.00. The van der Waals surface area contributed by atoms with Crippen LogP contribution in [0.1, 0.15) is 67.1 Å². The standard InChI is InChI=1S/C22H29N5O2S.C5H12O.C2H6/c1-6-26-19-13-10-16(14-18(19)25-20(26)22(3,4)29-5)27(7-2)30-17-11-8-15(9-12-17)24-21(23)28;1-3-4-5-6-2;1-2/h8-14H,6-7H2,1-5H3,(H3,23,24,28);3-5H2,1-2H3;1-2H3. The predicted molar refractivity (Wildman–Crippen MR) is 162 cm³/mol. The molecule has 0 saturated carbocycles. The van der Waals surface area contributed by atoms with Gasteiger partial charge in [-0.1, -0.05) is 27.2 Å². The number of aromatic nitrogens is 2. The maximum atomic E-state index is 11.0. The molecule has 38 heavy (non-hydrogen) atoms. The molecule has 3 rings (SSSR count). The van der Waals surface area contributed by atoms with E-state index in [1.54, 1.807) is 26.2 Å². The molecule has 0 atom stereocenters. The summed E-state index contributed by atoms with van der Waals surface area (Å²) in [7, 11) is 3.44. The van der Waals surface area contributed by atoms with Gasteiger partial charge in [0.25, 0.3) is 0 Å². The minimum Gasteiger partial charge on any atom is -0.385 e. The molecule has 0 spiro atoms. The van der Waals surface area contributed by atoms with Crippen LogP contribution in [0.25, 0.3) is 11.0 Å². The summed E-state index contributed by atoms with van der Waals surface area (Å²) in [4.78, 5) is 16.9. The molecule has 3 aromatic rings. The maximum Gasteiger partial charge on any atom is 0.316 e. The summed E-state index contributed by atoms with van der Waals surface area (Å²) < 4.78 is 14.9. The molecule has 0 aliphatic heterocycles. The van der Waals surface area contributed by atoms with Gasteiger partial charge in [-0.05, 0) is 88.5 Å². The summed E-state index contributed by atoms with van der Waals surface area (Å²) in [5, 5.41) is 2.58. The summed E-state index contributed by atoms with van der Waals surface area (Å²) in [5.41, 5.74) is 8.51. The van der Waals surface area contributed by atoms with Gasteiger partial charge in [0.15, 0.2) is 0 Å². The van der Waals surface area contributed by atoms with E-state index in [2.05, 4.69) is 53.2 Å². The number of ether oxygens (including phenoxy) is 2. The third-order valence-corrected chi connectivity index (χ3v) is 6.88. The molecule has 9 heteroatoms. The SMILES string of the molecule is CC.CCCCOC.CCN(Sc1ccc(NC(N)=O)cc1)c1ccc2c(c1)nc(C(C)(C)OC)n2CC. The number of primary amides is 1. The molecule has 0 radical (unpaired) electrons. The van der Waals surface area contributed by atoms with Crippen LogP contribution in [0.15, 0.2) is 47.4 Å². The number of rotatable bonds is 11. The van der Waals surface area contributed by atoms with E-state index in [1.807, 2.05) is 52.0 Å². The van der Waals surface area contributed by atoms with Crippen molar-refractivity contribution in [3.05, 3.63) is 48.3 Å². The first-order valence-corrected chi connectivity index (χ1v) is 14.1. The molecule has 1 heterocycles. The van der Waals surface area contributed by atoms with Crippen LogP contribution in [0, 0.1) is 0 Å². The number of aryl methyl sites for hydroxylation is 1. The fraction of sp³-hybridized carbons (Fsp3) is 0.517. The summed E-state index contributed by atoms with van der Waals surface area (Å²) in [6.07, 6.45) is 2.42. The van der Waals surface area contributed by atoms with Crippen molar-refractivity contribution in [1.82, 2.24) is 9.55 Å². The van der Waals surface area contributed by atoms with E-state index in [-0.39, 0.29) is 0 Å². The topological polar surface area (TPSA) is 94.6 Å². The summed E-state index contributed by atoms with van der Waals surface area (Å²) >= 11 is 1.63. The van der Waals surface area contributed by atoms with Crippen molar-refractivity contribution in [3.63, 3.8) is 0 Å². The van der Waals surface area contributed by atoms with Gasteiger partial charge in [0.05, 0.1) is 11.0 Å². The molecular formula is C29H47N5O3S. The highest BCUT2D eigenvalue weighted by Crippen LogP contribution is 2.33. The fourth-order valence-electron chi connectivity index (χ4n) is 3.60. The van der Waals surface area contributed by atoms with Crippen molar-refractivity contribution in [2.75, 3.05) is 37.0 Å². The number of urea groups is 1. The molecule has 2 aromatic carbocycles. The number of benzene rings is 2. The van der Waals surface area contributed by atoms with Gasteiger partial charge in [0.2, 0.25) is 0 Å². The smallest absolute Gasteiger partial charge is 0.316 e. The third-order valence-electron chi connectivity index (χ3n) is 5.71. The number of nitrogens with zero attached hydrogens (tertiary/aromatic N) is 3. The maximum absolute atomic E-state index is 11.0. The quantitative estimate of drug-likeness (QED) is 0.192. The van der Waals surface area contributed by atoms with Crippen molar-refractivity contribution >= 4 is 40.4 Å². The second-order valence-corrected chi connectivity index (χ2v) is 9.81. The first-order chi connectivity index (χ1) is 18.2. The summed E-state index contributed by atoms with van der Waals surface area (Å²) in [6.45, 7) is 17.0. The van der Waals surface area contributed by atoms with Crippen LogP contribution in [0.4, 0.5) is 16.2 Å². The number of nitrogens with two attached hydrogens (primary N) is 1. The highest BCUT2D eigenvalue weighted by Gasteiger charge is 2.27. The second kappa shape index (κ2) is 17.0. The van der Waals surface area contributed by atoms with E-state index in [9.17, 15) is 4.79 Å². The Morgan fingerprint density at radius 2 is 1.76 bits per heavy atom.